The molecule has 0 aromatic carbocycles. The number of piperazine rings is 1. The van der Waals surface area contributed by atoms with Crippen molar-refractivity contribution < 1.29 is 24.0 Å². The number of aromatic nitrogens is 6. The molecule has 12 heteroatoms. The highest BCUT2D eigenvalue weighted by atomic mass is 16.6. The van der Waals surface area contributed by atoms with Crippen molar-refractivity contribution in [1.29, 1.82) is 0 Å². The highest BCUT2D eigenvalue weighted by molar-refractivity contribution is 5.88. The SMILES string of the molecule is CCOC(=O)c1nnn(-c2nonc2N)c1C[NH+]1CCN(c2cccc[nH+]2)CC1. The van der Waals surface area contributed by atoms with Crippen molar-refractivity contribution in [2.75, 3.05) is 43.4 Å². The second-order valence-electron chi connectivity index (χ2n) is 6.65. The monoisotopic (exact) mass is 401 g/mol. The van der Waals surface area contributed by atoms with Crippen LogP contribution in [0.25, 0.3) is 5.82 Å². The van der Waals surface area contributed by atoms with Gasteiger partial charge in [-0.3, -0.25) is 4.90 Å². The number of carbonyl (C=O) groups excluding carboxylic acids is 1. The Morgan fingerprint density at radius 3 is 2.83 bits per heavy atom. The van der Waals surface area contributed by atoms with Crippen LogP contribution in [-0.4, -0.2) is 64.1 Å². The van der Waals surface area contributed by atoms with Crippen molar-refractivity contribution in [3.63, 3.8) is 0 Å². The van der Waals surface area contributed by atoms with Crippen LogP contribution in [0.2, 0.25) is 0 Å². The largest absolute Gasteiger partial charge is 0.461 e. The number of rotatable bonds is 6. The van der Waals surface area contributed by atoms with Crippen molar-refractivity contribution in [3.05, 3.63) is 35.8 Å². The number of nitrogens with zero attached hydrogens (tertiary/aromatic N) is 6. The van der Waals surface area contributed by atoms with Gasteiger partial charge in [0.2, 0.25) is 11.6 Å². The number of nitrogens with one attached hydrogen (secondary N) is 2. The van der Waals surface area contributed by atoms with Crippen molar-refractivity contribution in [2.45, 2.75) is 13.5 Å². The molecular formula is C17H23N9O3+2. The number of nitrogen functional groups attached to an aromatic ring is 1. The summed E-state index contributed by atoms with van der Waals surface area (Å²) in [6.07, 6.45) is 1.92. The molecule has 1 fully saturated rings. The van der Waals surface area contributed by atoms with Crippen LogP contribution in [0.3, 0.4) is 0 Å². The number of esters is 1. The fourth-order valence-electron chi connectivity index (χ4n) is 3.38. The van der Waals surface area contributed by atoms with E-state index in [0.29, 0.717) is 12.2 Å². The first-order valence-corrected chi connectivity index (χ1v) is 9.42. The number of hydrogen-bond acceptors (Lipinski definition) is 9. The minimum Gasteiger partial charge on any atom is -0.461 e. The summed E-state index contributed by atoms with van der Waals surface area (Å²) in [5, 5.41) is 15.4. The van der Waals surface area contributed by atoms with Crippen molar-refractivity contribution >= 4 is 17.6 Å². The third-order valence-corrected chi connectivity index (χ3v) is 4.85. The van der Waals surface area contributed by atoms with E-state index < -0.39 is 5.97 Å². The van der Waals surface area contributed by atoms with Crippen molar-refractivity contribution in [1.82, 2.24) is 25.3 Å². The molecule has 4 N–H and O–H groups in total. The number of carbonyl (C=O) groups is 1. The molecule has 0 amide bonds. The molecule has 0 bridgehead atoms. The second-order valence-corrected chi connectivity index (χ2v) is 6.65. The van der Waals surface area contributed by atoms with E-state index in [4.69, 9.17) is 10.5 Å². The van der Waals surface area contributed by atoms with Gasteiger partial charge in [-0.25, -0.2) is 14.4 Å². The number of H-pyrrole nitrogens is 1. The molecule has 0 radical (unpaired) electrons. The van der Waals surface area contributed by atoms with Gasteiger partial charge in [-0.05, 0) is 23.3 Å². The Bertz CT molecular complexity index is 964. The molecule has 0 unspecified atom stereocenters. The number of hydrogen-bond donors (Lipinski definition) is 2. The van der Waals surface area contributed by atoms with Gasteiger partial charge in [-0.2, -0.15) is 4.68 Å². The van der Waals surface area contributed by atoms with Crippen molar-refractivity contribution in [3.8, 4) is 5.82 Å². The molecule has 152 valence electrons. The number of pyridine rings is 1. The summed E-state index contributed by atoms with van der Waals surface area (Å²) in [7, 11) is 0. The van der Waals surface area contributed by atoms with Gasteiger partial charge in [0.25, 0.3) is 5.82 Å². The molecular weight excluding hydrogens is 378 g/mol. The first-order valence-electron chi connectivity index (χ1n) is 9.42. The van der Waals surface area contributed by atoms with Gasteiger partial charge >= 0.3 is 5.97 Å². The van der Waals surface area contributed by atoms with E-state index in [2.05, 4.69) is 41.2 Å². The zero-order valence-electron chi connectivity index (χ0n) is 16.0. The molecule has 29 heavy (non-hydrogen) atoms. The number of anilines is 2. The first-order chi connectivity index (χ1) is 14.2. The van der Waals surface area contributed by atoms with E-state index in [1.165, 1.54) is 9.58 Å². The molecule has 0 aliphatic carbocycles. The molecule has 1 aliphatic rings. The zero-order valence-corrected chi connectivity index (χ0v) is 16.0. The predicted molar refractivity (Wildman–Crippen MR) is 99.2 cm³/mol. The van der Waals surface area contributed by atoms with Gasteiger partial charge < -0.3 is 15.4 Å². The molecule has 4 heterocycles. The predicted octanol–water partition coefficient (Wildman–Crippen LogP) is -1.87. The zero-order chi connectivity index (χ0) is 20.2. The summed E-state index contributed by atoms with van der Waals surface area (Å²) in [6.45, 7) is 6.01. The van der Waals surface area contributed by atoms with Gasteiger partial charge in [0, 0.05) is 6.07 Å². The van der Waals surface area contributed by atoms with Gasteiger partial charge in [0.1, 0.15) is 38.4 Å². The third kappa shape index (κ3) is 3.87. The first kappa shape index (κ1) is 18.8. The Kier molecular flexibility index (Phi) is 5.33. The lowest BCUT2D eigenvalue weighted by Gasteiger charge is -2.28. The molecule has 3 aromatic heterocycles. The van der Waals surface area contributed by atoms with Crippen LogP contribution < -0.4 is 20.5 Å². The van der Waals surface area contributed by atoms with Crippen molar-refractivity contribution in [2.24, 2.45) is 0 Å². The van der Waals surface area contributed by atoms with Gasteiger partial charge in [0.05, 0.1) is 12.8 Å². The molecule has 1 saturated heterocycles. The fourth-order valence-corrected chi connectivity index (χ4v) is 3.38. The Balaban J connectivity index is 1.54. The Labute approximate surface area is 166 Å². The number of ether oxygens (including phenoxy) is 1. The molecule has 0 atom stereocenters. The maximum atomic E-state index is 12.4. The quantitative estimate of drug-likeness (QED) is 0.454. The van der Waals surface area contributed by atoms with Gasteiger partial charge in [-0.15, -0.1) is 5.10 Å². The molecule has 0 saturated carbocycles. The topological polar surface area (TPSA) is 144 Å². The average molecular weight is 401 g/mol. The van der Waals surface area contributed by atoms with Gasteiger partial charge in [0.15, 0.2) is 5.69 Å². The molecule has 1 aliphatic heterocycles. The Morgan fingerprint density at radius 1 is 1.34 bits per heavy atom. The van der Waals surface area contributed by atoms with Crippen LogP contribution in [0.4, 0.5) is 11.6 Å². The van der Waals surface area contributed by atoms with E-state index in [1.807, 2.05) is 18.3 Å². The summed E-state index contributed by atoms with van der Waals surface area (Å²) in [5.74, 6) is 0.846. The lowest BCUT2D eigenvalue weighted by molar-refractivity contribution is -0.914. The lowest BCUT2D eigenvalue weighted by atomic mass is 10.2. The number of quaternary nitrogens is 1. The molecule has 4 rings (SSSR count). The second kappa shape index (κ2) is 8.22. The molecule has 0 spiro atoms. The Hall–Kier alpha value is -3.54. The minimum atomic E-state index is -0.527. The summed E-state index contributed by atoms with van der Waals surface area (Å²) in [5.41, 5.74) is 6.54. The van der Waals surface area contributed by atoms with Crippen LogP contribution in [0.15, 0.2) is 29.0 Å². The third-order valence-electron chi connectivity index (χ3n) is 4.85. The maximum absolute atomic E-state index is 12.4. The molecule has 3 aromatic rings. The van der Waals surface area contributed by atoms with Gasteiger partial charge in [-0.1, -0.05) is 11.3 Å². The van der Waals surface area contributed by atoms with E-state index in [1.54, 1.807) is 6.92 Å². The summed E-state index contributed by atoms with van der Waals surface area (Å²) in [4.78, 5) is 19.2. The fraction of sp³-hybridized carbons (Fsp3) is 0.412. The average Bonchev–Trinajstić information content (AvgIpc) is 3.35. The van der Waals surface area contributed by atoms with Crippen LogP contribution in [0.5, 0.6) is 0 Å². The highest BCUT2D eigenvalue weighted by Gasteiger charge is 2.31. The lowest BCUT2D eigenvalue weighted by Crippen LogP contribution is -3.13. The van der Waals surface area contributed by atoms with E-state index in [9.17, 15) is 4.79 Å². The maximum Gasteiger partial charge on any atom is 0.361 e. The highest BCUT2D eigenvalue weighted by Crippen LogP contribution is 2.16. The number of nitrogens with two attached hydrogens (primary N) is 1. The van der Waals surface area contributed by atoms with E-state index >= 15 is 0 Å². The van der Waals surface area contributed by atoms with E-state index in [0.717, 1.165) is 32.0 Å². The summed E-state index contributed by atoms with van der Waals surface area (Å²) >= 11 is 0. The minimum absolute atomic E-state index is 0.0750. The smallest absolute Gasteiger partial charge is 0.361 e. The van der Waals surface area contributed by atoms with Crippen LogP contribution in [-0.2, 0) is 11.3 Å². The Morgan fingerprint density at radius 2 is 2.17 bits per heavy atom. The number of aromatic amines is 1. The van der Waals surface area contributed by atoms with E-state index in [-0.39, 0.29) is 23.9 Å². The summed E-state index contributed by atoms with van der Waals surface area (Å²) < 4.78 is 11.2. The summed E-state index contributed by atoms with van der Waals surface area (Å²) in [6, 6.07) is 6.03. The standard InChI is InChI=1S/C17H21N9O3/c1-2-28-17(27)14-12(26(23-20-14)16-15(18)21-29-22-16)11-24-7-9-25(10-8-24)13-5-3-4-6-19-13/h3-6H,2,7-11H2,1H3,(H2,18,21)/p+2. The van der Waals surface area contributed by atoms with Crippen LogP contribution in [0, 0.1) is 0 Å². The van der Waals surface area contributed by atoms with Crippen LogP contribution in [0.1, 0.15) is 23.1 Å². The molecule has 12 nitrogen and oxygen atoms in total. The normalized spacial score (nSPS) is 14.9. The van der Waals surface area contributed by atoms with Crippen LogP contribution >= 0.6 is 0 Å².